The molecule has 0 bridgehead atoms. The average molecular weight is 271 g/mol. The van der Waals surface area contributed by atoms with Gasteiger partial charge in [-0.15, -0.1) is 0 Å². The van der Waals surface area contributed by atoms with Crippen molar-refractivity contribution in [3.8, 4) is 0 Å². The van der Waals surface area contributed by atoms with E-state index in [1.54, 1.807) is 0 Å². The van der Waals surface area contributed by atoms with Gasteiger partial charge in [0.05, 0.1) is 0 Å². The highest BCUT2D eigenvalue weighted by Crippen LogP contribution is 2.43. The molecule has 4 heteroatoms. The van der Waals surface area contributed by atoms with E-state index in [4.69, 9.17) is 0 Å². The Morgan fingerprint density at radius 1 is 1.44 bits per heavy atom. The summed E-state index contributed by atoms with van der Waals surface area (Å²) in [6.07, 6.45) is 5.63. The lowest BCUT2D eigenvalue weighted by molar-refractivity contribution is -0.145. The van der Waals surface area contributed by atoms with Gasteiger partial charge in [0.15, 0.2) is 0 Å². The Labute approximate surface area is 114 Å². The summed E-state index contributed by atoms with van der Waals surface area (Å²) in [5, 5.41) is 13.1. The van der Waals surface area contributed by atoms with Gasteiger partial charge in [0.2, 0.25) is 0 Å². The standard InChI is InChI=1S/C14H25NO2S/c1-3-10(2)8-18-9-14(13(16)17,11-4-5-11)15-12-6-7-12/h10-12,15H,3-9H2,1-2H3,(H,16,17). The summed E-state index contributed by atoms with van der Waals surface area (Å²) in [6.45, 7) is 4.43. The highest BCUT2D eigenvalue weighted by atomic mass is 32.2. The number of hydrogen-bond donors (Lipinski definition) is 2. The van der Waals surface area contributed by atoms with Crippen LogP contribution in [0.4, 0.5) is 0 Å². The van der Waals surface area contributed by atoms with Gasteiger partial charge < -0.3 is 5.11 Å². The van der Waals surface area contributed by atoms with Crippen molar-refractivity contribution < 1.29 is 9.90 Å². The number of carboxylic acids is 1. The lowest BCUT2D eigenvalue weighted by Crippen LogP contribution is -2.57. The van der Waals surface area contributed by atoms with Gasteiger partial charge in [-0.2, -0.15) is 11.8 Å². The van der Waals surface area contributed by atoms with E-state index in [1.165, 1.54) is 6.42 Å². The zero-order chi connectivity index (χ0) is 13.2. The van der Waals surface area contributed by atoms with Crippen molar-refractivity contribution in [2.24, 2.45) is 11.8 Å². The summed E-state index contributed by atoms with van der Waals surface area (Å²) in [7, 11) is 0. The van der Waals surface area contributed by atoms with Gasteiger partial charge >= 0.3 is 5.97 Å². The van der Waals surface area contributed by atoms with Crippen LogP contribution in [0.3, 0.4) is 0 Å². The summed E-state index contributed by atoms with van der Waals surface area (Å²) >= 11 is 1.82. The summed E-state index contributed by atoms with van der Waals surface area (Å²) in [5.74, 6) is 2.22. The van der Waals surface area contributed by atoms with Crippen LogP contribution in [0.25, 0.3) is 0 Å². The molecule has 2 fully saturated rings. The first-order valence-electron chi connectivity index (χ1n) is 7.17. The van der Waals surface area contributed by atoms with Crippen molar-refractivity contribution in [2.45, 2.75) is 57.5 Å². The van der Waals surface area contributed by atoms with Gasteiger partial charge in [0.25, 0.3) is 0 Å². The van der Waals surface area contributed by atoms with E-state index in [0.29, 0.717) is 17.9 Å². The van der Waals surface area contributed by atoms with E-state index in [0.717, 1.165) is 37.2 Å². The largest absolute Gasteiger partial charge is 0.480 e. The van der Waals surface area contributed by atoms with Crippen LogP contribution in [0.15, 0.2) is 0 Å². The fraction of sp³-hybridized carbons (Fsp3) is 0.929. The monoisotopic (exact) mass is 271 g/mol. The van der Waals surface area contributed by atoms with Crippen molar-refractivity contribution in [1.29, 1.82) is 0 Å². The Kier molecular flexibility index (Phi) is 4.59. The topological polar surface area (TPSA) is 49.3 Å². The highest BCUT2D eigenvalue weighted by molar-refractivity contribution is 7.99. The van der Waals surface area contributed by atoms with Gasteiger partial charge in [-0.05, 0) is 43.3 Å². The Bertz CT molecular complexity index is 302. The summed E-state index contributed by atoms with van der Waals surface area (Å²) in [4.78, 5) is 11.7. The van der Waals surface area contributed by atoms with Gasteiger partial charge in [0, 0.05) is 11.8 Å². The molecule has 0 aliphatic heterocycles. The molecular weight excluding hydrogens is 246 g/mol. The maximum absolute atomic E-state index is 11.7. The van der Waals surface area contributed by atoms with Crippen LogP contribution >= 0.6 is 11.8 Å². The molecule has 0 spiro atoms. The quantitative estimate of drug-likeness (QED) is 0.677. The molecule has 2 aliphatic carbocycles. The molecule has 2 rings (SSSR count). The van der Waals surface area contributed by atoms with Crippen LogP contribution in [0.5, 0.6) is 0 Å². The first-order valence-corrected chi connectivity index (χ1v) is 8.32. The molecule has 2 atom stereocenters. The smallest absolute Gasteiger partial charge is 0.325 e. The minimum atomic E-state index is -0.640. The molecule has 2 aliphatic rings. The lowest BCUT2D eigenvalue weighted by Gasteiger charge is -2.31. The van der Waals surface area contributed by atoms with Crippen molar-refractivity contribution in [3.05, 3.63) is 0 Å². The molecule has 0 saturated heterocycles. The summed E-state index contributed by atoms with van der Waals surface area (Å²) < 4.78 is 0. The molecule has 2 N–H and O–H groups in total. The second-order valence-corrected chi connectivity index (χ2v) is 7.03. The van der Waals surface area contributed by atoms with E-state index in [9.17, 15) is 9.90 Å². The second-order valence-electron chi connectivity index (χ2n) is 6.00. The third-order valence-electron chi connectivity index (χ3n) is 4.12. The van der Waals surface area contributed by atoms with Gasteiger partial charge in [-0.25, -0.2) is 0 Å². The molecule has 2 saturated carbocycles. The average Bonchev–Trinajstić information content (AvgIpc) is 3.18. The molecule has 0 radical (unpaired) electrons. The van der Waals surface area contributed by atoms with E-state index >= 15 is 0 Å². The van der Waals surface area contributed by atoms with Crippen LogP contribution in [0.1, 0.15) is 46.0 Å². The van der Waals surface area contributed by atoms with Crippen LogP contribution < -0.4 is 5.32 Å². The number of nitrogens with one attached hydrogen (secondary N) is 1. The Morgan fingerprint density at radius 2 is 2.11 bits per heavy atom. The summed E-state index contributed by atoms with van der Waals surface area (Å²) in [6, 6.07) is 0.464. The number of carboxylic acid groups (broad SMARTS) is 1. The van der Waals surface area contributed by atoms with Crippen molar-refractivity contribution in [2.75, 3.05) is 11.5 Å². The molecule has 2 unspecified atom stereocenters. The SMILES string of the molecule is CCC(C)CSCC(NC1CC1)(C(=O)O)C1CC1. The van der Waals surface area contributed by atoms with Crippen molar-refractivity contribution >= 4 is 17.7 Å². The van der Waals surface area contributed by atoms with Crippen molar-refractivity contribution in [3.63, 3.8) is 0 Å². The van der Waals surface area contributed by atoms with Gasteiger partial charge in [-0.1, -0.05) is 20.3 Å². The number of rotatable bonds is 9. The number of thioether (sulfide) groups is 1. The lowest BCUT2D eigenvalue weighted by atomic mass is 9.95. The zero-order valence-corrected chi connectivity index (χ0v) is 12.3. The number of hydrogen-bond acceptors (Lipinski definition) is 3. The van der Waals surface area contributed by atoms with E-state index < -0.39 is 11.5 Å². The van der Waals surface area contributed by atoms with Crippen LogP contribution in [0.2, 0.25) is 0 Å². The molecule has 104 valence electrons. The highest BCUT2D eigenvalue weighted by Gasteiger charge is 2.52. The molecule has 18 heavy (non-hydrogen) atoms. The first-order chi connectivity index (χ1) is 8.58. The van der Waals surface area contributed by atoms with E-state index in [-0.39, 0.29) is 0 Å². The molecule has 0 aromatic carbocycles. The van der Waals surface area contributed by atoms with E-state index in [2.05, 4.69) is 19.2 Å². The molecule has 3 nitrogen and oxygen atoms in total. The normalized spacial score (nSPS) is 24.6. The van der Waals surface area contributed by atoms with Gasteiger partial charge in [0.1, 0.15) is 5.54 Å². The Morgan fingerprint density at radius 3 is 2.56 bits per heavy atom. The maximum atomic E-state index is 11.7. The Hall–Kier alpha value is -0.220. The van der Waals surface area contributed by atoms with Crippen LogP contribution in [-0.2, 0) is 4.79 Å². The fourth-order valence-electron chi connectivity index (χ4n) is 2.28. The minimum Gasteiger partial charge on any atom is -0.480 e. The molecule has 0 heterocycles. The molecular formula is C14H25NO2S. The third kappa shape index (κ3) is 3.41. The maximum Gasteiger partial charge on any atom is 0.325 e. The summed E-state index contributed by atoms with van der Waals surface area (Å²) in [5.41, 5.74) is -0.640. The van der Waals surface area contributed by atoms with Gasteiger partial charge in [-0.3, -0.25) is 10.1 Å². The number of carbonyl (C=O) groups is 1. The fourth-order valence-corrected chi connectivity index (χ4v) is 3.80. The van der Waals surface area contributed by atoms with E-state index in [1.807, 2.05) is 11.8 Å². The molecule has 0 aromatic heterocycles. The molecule has 0 amide bonds. The zero-order valence-electron chi connectivity index (χ0n) is 11.4. The van der Waals surface area contributed by atoms with Crippen molar-refractivity contribution in [1.82, 2.24) is 5.32 Å². The predicted octanol–water partition coefficient (Wildman–Crippen LogP) is 2.75. The molecule has 0 aromatic rings. The first kappa shape index (κ1) is 14.2. The Balaban J connectivity index is 1.92. The van der Waals surface area contributed by atoms with Crippen LogP contribution in [-0.4, -0.2) is 34.2 Å². The minimum absolute atomic E-state index is 0.361. The number of aliphatic carboxylic acids is 1. The third-order valence-corrected chi connectivity index (χ3v) is 5.59. The second kappa shape index (κ2) is 5.83. The predicted molar refractivity (Wildman–Crippen MR) is 76.0 cm³/mol. The van der Waals surface area contributed by atoms with Crippen LogP contribution in [0, 0.1) is 11.8 Å².